The first-order valence-corrected chi connectivity index (χ1v) is 3.28. The van der Waals surface area contributed by atoms with Crippen molar-refractivity contribution in [2.75, 3.05) is 6.61 Å². The van der Waals surface area contributed by atoms with E-state index >= 15 is 0 Å². The average molecular weight is 148 g/mol. The van der Waals surface area contributed by atoms with Gasteiger partial charge in [0.2, 0.25) is 0 Å². The summed E-state index contributed by atoms with van der Waals surface area (Å²) in [5.41, 5.74) is 0. The van der Waals surface area contributed by atoms with Gasteiger partial charge in [-0.15, -0.1) is 0 Å². The summed E-state index contributed by atoms with van der Waals surface area (Å²) in [5.74, 6) is -0.413. The number of rotatable bonds is 0. The molecule has 1 aliphatic rings. The van der Waals surface area contributed by atoms with E-state index in [2.05, 4.69) is 0 Å². The maximum atomic E-state index is 9.13. The molecule has 0 radical (unpaired) electrons. The fourth-order valence-electron chi connectivity index (χ4n) is 0.967. The molecule has 4 nitrogen and oxygen atoms in total. The van der Waals surface area contributed by atoms with Crippen molar-refractivity contribution in [2.24, 2.45) is 5.92 Å². The number of hydrogen-bond acceptors (Lipinski definition) is 4. The van der Waals surface area contributed by atoms with Crippen LogP contribution >= 0.6 is 0 Å². The van der Waals surface area contributed by atoms with E-state index in [9.17, 15) is 0 Å². The van der Waals surface area contributed by atoms with Crippen LogP contribution in [0.15, 0.2) is 0 Å². The SMILES string of the molecule is C[C@@H]1[C@@H](O)[C@@H](O)CO[C@H]1O. The van der Waals surface area contributed by atoms with Crippen LogP contribution in [0.5, 0.6) is 0 Å². The lowest BCUT2D eigenvalue weighted by Gasteiger charge is -2.33. The van der Waals surface area contributed by atoms with Crippen LogP contribution in [0.2, 0.25) is 0 Å². The number of aliphatic hydroxyl groups is 3. The molecular weight excluding hydrogens is 136 g/mol. The van der Waals surface area contributed by atoms with E-state index in [0.717, 1.165) is 0 Å². The normalized spacial score (nSPS) is 49.2. The summed E-state index contributed by atoms with van der Waals surface area (Å²) in [5, 5.41) is 27.1. The molecule has 0 aromatic rings. The van der Waals surface area contributed by atoms with Gasteiger partial charge in [0.25, 0.3) is 0 Å². The molecule has 4 heteroatoms. The van der Waals surface area contributed by atoms with Crippen LogP contribution in [0.4, 0.5) is 0 Å². The Morgan fingerprint density at radius 2 is 1.90 bits per heavy atom. The van der Waals surface area contributed by atoms with Crippen molar-refractivity contribution >= 4 is 0 Å². The highest BCUT2D eigenvalue weighted by atomic mass is 16.6. The highest BCUT2D eigenvalue weighted by Gasteiger charge is 2.34. The molecule has 1 rings (SSSR count). The first-order chi connectivity index (χ1) is 4.63. The summed E-state index contributed by atoms with van der Waals surface area (Å²) in [6.45, 7) is 1.63. The lowest BCUT2D eigenvalue weighted by Crippen LogP contribution is -2.47. The van der Waals surface area contributed by atoms with Crippen LogP contribution in [0.25, 0.3) is 0 Å². The molecule has 1 heterocycles. The van der Waals surface area contributed by atoms with E-state index in [4.69, 9.17) is 20.1 Å². The van der Waals surface area contributed by atoms with E-state index in [-0.39, 0.29) is 6.61 Å². The lowest BCUT2D eigenvalue weighted by atomic mass is 9.97. The fourth-order valence-corrected chi connectivity index (χ4v) is 0.967. The van der Waals surface area contributed by atoms with Gasteiger partial charge >= 0.3 is 0 Å². The van der Waals surface area contributed by atoms with Gasteiger partial charge in [0.05, 0.1) is 12.7 Å². The van der Waals surface area contributed by atoms with Gasteiger partial charge in [0, 0.05) is 5.92 Å². The topological polar surface area (TPSA) is 69.9 Å². The second-order valence-corrected chi connectivity index (χ2v) is 2.64. The van der Waals surface area contributed by atoms with Gasteiger partial charge in [-0.2, -0.15) is 0 Å². The van der Waals surface area contributed by atoms with E-state index in [1.54, 1.807) is 6.92 Å². The Morgan fingerprint density at radius 3 is 2.40 bits per heavy atom. The summed E-state index contributed by atoms with van der Waals surface area (Å²) in [7, 11) is 0. The zero-order valence-corrected chi connectivity index (χ0v) is 5.77. The predicted molar refractivity (Wildman–Crippen MR) is 33.1 cm³/mol. The summed E-state index contributed by atoms with van der Waals surface area (Å²) in [6.07, 6.45) is -2.68. The van der Waals surface area contributed by atoms with Crippen LogP contribution in [-0.4, -0.2) is 40.4 Å². The van der Waals surface area contributed by atoms with Crippen molar-refractivity contribution in [3.63, 3.8) is 0 Å². The molecule has 0 aliphatic carbocycles. The molecule has 0 saturated carbocycles. The number of aliphatic hydroxyl groups excluding tert-OH is 3. The van der Waals surface area contributed by atoms with Crippen LogP contribution in [0.1, 0.15) is 6.92 Å². The standard InChI is InChI=1S/C6H12O4/c1-3-5(8)4(7)2-10-6(3)9/h3-9H,2H2,1H3/t3-,4+,5-,6-/m1/s1. The van der Waals surface area contributed by atoms with Gasteiger partial charge in [0.1, 0.15) is 6.10 Å². The Labute approximate surface area is 59.1 Å². The van der Waals surface area contributed by atoms with Crippen LogP contribution in [-0.2, 0) is 4.74 Å². The third-order valence-electron chi connectivity index (χ3n) is 1.82. The van der Waals surface area contributed by atoms with Crippen LogP contribution in [0, 0.1) is 5.92 Å². The minimum Gasteiger partial charge on any atom is -0.390 e. The minimum absolute atomic E-state index is 0.00662. The molecule has 0 unspecified atom stereocenters. The van der Waals surface area contributed by atoms with Crippen molar-refractivity contribution in [1.82, 2.24) is 0 Å². The van der Waals surface area contributed by atoms with Gasteiger partial charge in [0.15, 0.2) is 6.29 Å². The maximum Gasteiger partial charge on any atom is 0.159 e. The number of ether oxygens (including phenoxy) is 1. The predicted octanol–water partition coefficient (Wildman–Crippen LogP) is -1.31. The maximum absolute atomic E-state index is 9.13. The minimum atomic E-state index is -0.946. The molecular formula is C6H12O4. The van der Waals surface area contributed by atoms with Gasteiger partial charge in [-0.05, 0) is 0 Å². The van der Waals surface area contributed by atoms with E-state index in [1.807, 2.05) is 0 Å². The first kappa shape index (κ1) is 7.94. The molecule has 10 heavy (non-hydrogen) atoms. The largest absolute Gasteiger partial charge is 0.390 e. The van der Waals surface area contributed by atoms with E-state index in [1.165, 1.54) is 0 Å². The highest BCUT2D eigenvalue weighted by molar-refractivity contribution is 4.78. The van der Waals surface area contributed by atoms with Crippen molar-refractivity contribution < 1.29 is 20.1 Å². The Kier molecular flexibility index (Phi) is 2.25. The van der Waals surface area contributed by atoms with Gasteiger partial charge < -0.3 is 20.1 Å². The molecule has 0 bridgehead atoms. The fraction of sp³-hybridized carbons (Fsp3) is 1.00. The van der Waals surface area contributed by atoms with Crippen molar-refractivity contribution in [2.45, 2.75) is 25.4 Å². The summed E-state index contributed by atoms with van der Waals surface area (Å²) < 4.78 is 4.72. The Morgan fingerprint density at radius 1 is 1.30 bits per heavy atom. The zero-order chi connectivity index (χ0) is 7.72. The molecule has 3 N–H and O–H groups in total. The second-order valence-electron chi connectivity index (χ2n) is 2.64. The quantitative estimate of drug-likeness (QED) is 0.399. The molecule has 1 fully saturated rings. The smallest absolute Gasteiger partial charge is 0.159 e. The molecule has 0 amide bonds. The summed E-state index contributed by atoms with van der Waals surface area (Å²) >= 11 is 0. The van der Waals surface area contributed by atoms with Gasteiger partial charge in [-0.25, -0.2) is 0 Å². The molecule has 1 aliphatic heterocycles. The molecule has 0 aromatic heterocycles. The number of hydrogen-bond donors (Lipinski definition) is 3. The Bertz CT molecular complexity index is 102. The summed E-state index contributed by atoms with van der Waals surface area (Å²) in [6, 6.07) is 0. The molecule has 60 valence electrons. The monoisotopic (exact) mass is 148 g/mol. The van der Waals surface area contributed by atoms with Crippen LogP contribution in [0.3, 0.4) is 0 Å². The van der Waals surface area contributed by atoms with Gasteiger partial charge in [-0.3, -0.25) is 0 Å². The average Bonchev–Trinajstić information content (AvgIpc) is 1.93. The van der Waals surface area contributed by atoms with Crippen molar-refractivity contribution in [1.29, 1.82) is 0 Å². The highest BCUT2D eigenvalue weighted by Crippen LogP contribution is 2.18. The van der Waals surface area contributed by atoms with E-state index in [0.29, 0.717) is 0 Å². The van der Waals surface area contributed by atoms with Crippen LogP contribution < -0.4 is 0 Å². The molecule has 0 spiro atoms. The molecule has 4 atom stereocenters. The molecule has 0 aromatic carbocycles. The second kappa shape index (κ2) is 2.84. The lowest BCUT2D eigenvalue weighted by molar-refractivity contribution is -0.225. The van der Waals surface area contributed by atoms with E-state index < -0.39 is 24.4 Å². The summed E-state index contributed by atoms with van der Waals surface area (Å²) in [4.78, 5) is 0. The van der Waals surface area contributed by atoms with Crippen molar-refractivity contribution in [3.8, 4) is 0 Å². The zero-order valence-electron chi connectivity index (χ0n) is 5.77. The first-order valence-electron chi connectivity index (χ1n) is 3.28. The van der Waals surface area contributed by atoms with Crippen molar-refractivity contribution in [3.05, 3.63) is 0 Å². The van der Waals surface area contributed by atoms with Gasteiger partial charge in [-0.1, -0.05) is 6.92 Å². The Balaban J connectivity index is 2.52. The third-order valence-corrected chi connectivity index (χ3v) is 1.82. The third kappa shape index (κ3) is 1.29. The molecule has 1 saturated heterocycles. The Hall–Kier alpha value is -0.160.